The molecule has 3 rings (SSSR count). The maximum Gasteiger partial charge on any atom is 0.228 e. The molecule has 3 heterocycles. The van der Waals surface area contributed by atoms with E-state index in [1.165, 1.54) is 12.8 Å². The summed E-state index contributed by atoms with van der Waals surface area (Å²) in [5.74, 6) is 0.226. The molecule has 2 aliphatic rings. The van der Waals surface area contributed by atoms with E-state index in [2.05, 4.69) is 28.7 Å². The number of aryl methyl sites for hydroxylation is 1. The summed E-state index contributed by atoms with van der Waals surface area (Å²) in [6.07, 6.45) is 4.79. The number of rotatable bonds is 3. The Morgan fingerprint density at radius 2 is 2.00 bits per heavy atom. The Bertz CT molecular complexity index is 482. The van der Waals surface area contributed by atoms with Crippen molar-refractivity contribution in [3.05, 3.63) is 18.0 Å². The highest BCUT2D eigenvalue weighted by molar-refractivity contribution is 5.78. The first-order valence-electron chi connectivity index (χ1n) is 7.58. The van der Waals surface area contributed by atoms with Crippen molar-refractivity contribution in [2.45, 2.75) is 51.2 Å². The molecule has 0 spiro atoms. The molecule has 0 saturated carbocycles. The fourth-order valence-corrected chi connectivity index (χ4v) is 3.81. The zero-order chi connectivity index (χ0) is 14.3. The van der Waals surface area contributed by atoms with Gasteiger partial charge in [0.25, 0.3) is 0 Å². The van der Waals surface area contributed by atoms with E-state index in [4.69, 9.17) is 0 Å². The Kier molecular flexibility index (Phi) is 3.54. The number of nitrogens with zero attached hydrogens (tertiary/aromatic N) is 4. The molecule has 0 aliphatic carbocycles. The highest BCUT2D eigenvalue weighted by Crippen LogP contribution is 2.32. The van der Waals surface area contributed by atoms with Crippen LogP contribution in [0.25, 0.3) is 0 Å². The molecule has 2 saturated heterocycles. The Labute approximate surface area is 120 Å². The molecule has 20 heavy (non-hydrogen) atoms. The van der Waals surface area contributed by atoms with Crippen molar-refractivity contribution in [3.8, 4) is 0 Å². The van der Waals surface area contributed by atoms with Gasteiger partial charge < -0.3 is 4.90 Å². The molecule has 5 heteroatoms. The molecule has 2 fully saturated rings. The van der Waals surface area contributed by atoms with Gasteiger partial charge >= 0.3 is 0 Å². The lowest BCUT2D eigenvalue weighted by Crippen LogP contribution is -2.57. The van der Waals surface area contributed by atoms with Crippen molar-refractivity contribution in [3.63, 3.8) is 0 Å². The van der Waals surface area contributed by atoms with Crippen LogP contribution < -0.4 is 0 Å². The van der Waals surface area contributed by atoms with E-state index in [-0.39, 0.29) is 5.91 Å². The summed E-state index contributed by atoms with van der Waals surface area (Å²) in [6.45, 7) is 6.30. The van der Waals surface area contributed by atoms with Crippen LogP contribution in [0, 0.1) is 0 Å². The summed E-state index contributed by atoms with van der Waals surface area (Å²) in [5, 5.41) is 4.30. The molecular weight excluding hydrogens is 252 g/mol. The topological polar surface area (TPSA) is 41.4 Å². The minimum absolute atomic E-state index is 0.226. The molecule has 2 unspecified atom stereocenters. The SMILES string of the molecule is CC(C)N1C2CCC1CN(C(=O)Cc1ccn(C)n1)C2. The van der Waals surface area contributed by atoms with E-state index in [9.17, 15) is 4.79 Å². The molecular formula is C15H24N4O. The van der Waals surface area contributed by atoms with E-state index in [1.807, 2.05) is 19.3 Å². The van der Waals surface area contributed by atoms with Gasteiger partial charge in [-0.3, -0.25) is 14.4 Å². The van der Waals surface area contributed by atoms with E-state index >= 15 is 0 Å². The van der Waals surface area contributed by atoms with E-state index < -0.39 is 0 Å². The lowest BCUT2D eigenvalue weighted by molar-refractivity contribution is -0.134. The predicted molar refractivity (Wildman–Crippen MR) is 77.3 cm³/mol. The first-order chi connectivity index (χ1) is 9.54. The van der Waals surface area contributed by atoms with Gasteiger partial charge in [-0.25, -0.2) is 0 Å². The van der Waals surface area contributed by atoms with Crippen molar-refractivity contribution in [2.75, 3.05) is 13.1 Å². The van der Waals surface area contributed by atoms with Crippen LogP contribution in [-0.2, 0) is 18.3 Å². The lowest BCUT2D eigenvalue weighted by Gasteiger charge is -2.43. The van der Waals surface area contributed by atoms with Crippen molar-refractivity contribution in [2.24, 2.45) is 7.05 Å². The van der Waals surface area contributed by atoms with Gasteiger partial charge in [-0.05, 0) is 32.8 Å². The molecule has 0 aromatic carbocycles. The van der Waals surface area contributed by atoms with Crippen LogP contribution in [0.2, 0.25) is 0 Å². The van der Waals surface area contributed by atoms with E-state index in [0.29, 0.717) is 24.5 Å². The van der Waals surface area contributed by atoms with Gasteiger partial charge in [-0.1, -0.05) is 0 Å². The summed E-state index contributed by atoms with van der Waals surface area (Å²) in [5.41, 5.74) is 0.871. The molecule has 1 amide bonds. The van der Waals surface area contributed by atoms with E-state index in [0.717, 1.165) is 18.8 Å². The summed E-state index contributed by atoms with van der Waals surface area (Å²) in [6, 6.07) is 3.63. The standard InChI is InChI=1S/C15H24N4O/c1-11(2)19-13-4-5-14(19)10-18(9-13)15(20)8-12-6-7-17(3)16-12/h6-7,11,13-14H,4-5,8-10H2,1-3H3. The summed E-state index contributed by atoms with van der Waals surface area (Å²) >= 11 is 0. The smallest absolute Gasteiger partial charge is 0.228 e. The van der Waals surface area contributed by atoms with Crippen molar-refractivity contribution in [1.29, 1.82) is 0 Å². The van der Waals surface area contributed by atoms with Crippen LogP contribution in [0.3, 0.4) is 0 Å². The fourth-order valence-electron chi connectivity index (χ4n) is 3.81. The lowest BCUT2D eigenvalue weighted by atomic mass is 10.1. The zero-order valence-corrected chi connectivity index (χ0v) is 12.6. The second-order valence-corrected chi connectivity index (χ2v) is 6.38. The van der Waals surface area contributed by atoms with Gasteiger partial charge in [-0.15, -0.1) is 0 Å². The highest BCUT2D eigenvalue weighted by atomic mass is 16.2. The second kappa shape index (κ2) is 5.20. The monoisotopic (exact) mass is 276 g/mol. The largest absolute Gasteiger partial charge is 0.339 e. The molecule has 2 atom stereocenters. The highest BCUT2D eigenvalue weighted by Gasteiger charge is 2.42. The Morgan fingerprint density at radius 3 is 2.50 bits per heavy atom. The first kappa shape index (κ1) is 13.6. The molecule has 0 radical (unpaired) electrons. The molecule has 1 aromatic rings. The molecule has 2 bridgehead atoms. The number of carbonyl (C=O) groups excluding carboxylic acids is 1. The van der Waals surface area contributed by atoms with Gasteiger partial charge in [0.2, 0.25) is 5.91 Å². The quantitative estimate of drug-likeness (QED) is 0.828. The maximum atomic E-state index is 12.4. The minimum Gasteiger partial charge on any atom is -0.339 e. The van der Waals surface area contributed by atoms with Crippen LogP contribution in [0.5, 0.6) is 0 Å². The van der Waals surface area contributed by atoms with Crippen LogP contribution in [-0.4, -0.2) is 56.7 Å². The summed E-state index contributed by atoms with van der Waals surface area (Å²) in [4.78, 5) is 17.1. The number of aromatic nitrogens is 2. The van der Waals surface area contributed by atoms with Crippen LogP contribution >= 0.6 is 0 Å². The summed E-state index contributed by atoms with van der Waals surface area (Å²) in [7, 11) is 1.88. The molecule has 5 nitrogen and oxygen atoms in total. The second-order valence-electron chi connectivity index (χ2n) is 6.38. The predicted octanol–water partition coefficient (Wildman–Crippen LogP) is 1.05. The van der Waals surface area contributed by atoms with Crippen LogP contribution in [0.1, 0.15) is 32.4 Å². The number of fused-ring (bicyclic) bond motifs is 2. The minimum atomic E-state index is 0.226. The molecule has 2 aliphatic heterocycles. The van der Waals surface area contributed by atoms with Gasteiger partial charge in [0.15, 0.2) is 0 Å². The average Bonchev–Trinajstić information content (AvgIpc) is 2.91. The number of hydrogen-bond acceptors (Lipinski definition) is 3. The third-order valence-corrected chi connectivity index (χ3v) is 4.59. The average molecular weight is 276 g/mol. The third-order valence-electron chi connectivity index (χ3n) is 4.59. The van der Waals surface area contributed by atoms with Crippen LogP contribution in [0.4, 0.5) is 0 Å². The third kappa shape index (κ3) is 2.46. The molecule has 1 aromatic heterocycles. The Balaban J connectivity index is 1.64. The van der Waals surface area contributed by atoms with Crippen LogP contribution in [0.15, 0.2) is 12.3 Å². The van der Waals surface area contributed by atoms with Crippen molar-refractivity contribution in [1.82, 2.24) is 19.6 Å². The normalized spacial score (nSPS) is 26.5. The number of carbonyl (C=O) groups is 1. The number of hydrogen-bond donors (Lipinski definition) is 0. The Hall–Kier alpha value is -1.36. The van der Waals surface area contributed by atoms with Gasteiger partial charge in [-0.2, -0.15) is 5.10 Å². The number of likely N-dealkylation sites (tertiary alicyclic amines) is 1. The van der Waals surface area contributed by atoms with Gasteiger partial charge in [0.05, 0.1) is 12.1 Å². The first-order valence-corrected chi connectivity index (χ1v) is 7.58. The Morgan fingerprint density at radius 1 is 1.35 bits per heavy atom. The fraction of sp³-hybridized carbons (Fsp3) is 0.733. The summed E-state index contributed by atoms with van der Waals surface area (Å²) < 4.78 is 1.75. The zero-order valence-electron chi connectivity index (χ0n) is 12.6. The maximum absolute atomic E-state index is 12.4. The number of piperazine rings is 1. The van der Waals surface area contributed by atoms with E-state index in [1.54, 1.807) is 4.68 Å². The van der Waals surface area contributed by atoms with Gasteiger partial charge in [0, 0.05) is 44.5 Å². The molecule has 110 valence electrons. The van der Waals surface area contributed by atoms with Gasteiger partial charge in [0.1, 0.15) is 0 Å². The number of amides is 1. The van der Waals surface area contributed by atoms with Crippen molar-refractivity contribution >= 4 is 5.91 Å². The van der Waals surface area contributed by atoms with Crippen molar-refractivity contribution < 1.29 is 4.79 Å². The molecule has 0 N–H and O–H groups in total.